The summed E-state index contributed by atoms with van der Waals surface area (Å²) >= 11 is 0. The van der Waals surface area contributed by atoms with Gasteiger partial charge in [0.1, 0.15) is 0 Å². The van der Waals surface area contributed by atoms with Gasteiger partial charge in [-0.05, 0) is 26.7 Å². The Balaban J connectivity index is 3.97. The molecule has 1 N–H and O–H groups in total. The fourth-order valence-electron chi connectivity index (χ4n) is 1.52. The molecule has 0 aromatic carbocycles. The highest BCUT2D eigenvalue weighted by Gasteiger charge is 2.15. The fourth-order valence-corrected chi connectivity index (χ4v) is 1.52. The standard InChI is InChI=1S/C13H29NO3/c1-6-15-10-12(11(4)5)14-9-13(16-7-2)17-8-3/h11-14H,6-10H2,1-5H3. The van der Waals surface area contributed by atoms with Crippen LogP contribution in [0.4, 0.5) is 0 Å². The smallest absolute Gasteiger partial charge is 0.169 e. The Morgan fingerprint density at radius 1 is 0.941 bits per heavy atom. The number of rotatable bonds is 11. The molecule has 0 fully saturated rings. The number of nitrogens with one attached hydrogen (secondary N) is 1. The summed E-state index contributed by atoms with van der Waals surface area (Å²) in [4.78, 5) is 0. The van der Waals surface area contributed by atoms with E-state index in [2.05, 4.69) is 19.2 Å². The van der Waals surface area contributed by atoms with Gasteiger partial charge in [-0.1, -0.05) is 13.8 Å². The summed E-state index contributed by atoms with van der Waals surface area (Å²) in [6.07, 6.45) is -0.159. The van der Waals surface area contributed by atoms with Crippen LogP contribution in [0.2, 0.25) is 0 Å². The summed E-state index contributed by atoms with van der Waals surface area (Å²) in [7, 11) is 0. The van der Waals surface area contributed by atoms with Gasteiger partial charge in [-0.25, -0.2) is 0 Å². The zero-order valence-corrected chi connectivity index (χ0v) is 12.0. The van der Waals surface area contributed by atoms with E-state index >= 15 is 0 Å². The molecule has 17 heavy (non-hydrogen) atoms. The van der Waals surface area contributed by atoms with Crippen molar-refractivity contribution in [1.29, 1.82) is 0 Å². The van der Waals surface area contributed by atoms with E-state index in [1.807, 2.05) is 20.8 Å². The molecule has 0 aliphatic rings. The van der Waals surface area contributed by atoms with Crippen LogP contribution in [0.1, 0.15) is 34.6 Å². The maximum Gasteiger partial charge on any atom is 0.169 e. The molecule has 1 atom stereocenters. The van der Waals surface area contributed by atoms with Crippen molar-refractivity contribution in [1.82, 2.24) is 5.32 Å². The van der Waals surface area contributed by atoms with E-state index in [-0.39, 0.29) is 6.29 Å². The predicted octanol–water partition coefficient (Wildman–Crippen LogP) is 2.04. The van der Waals surface area contributed by atoms with Crippen LogP contribution in [0.25, 0.3) is 0 Å². The van der Waals surface area contributed by atoms with Gasteiger partial charge < -0.3 is 19.5 Å². The Morgan fingerprint density at radius 2 is 1.53 bits per heavy atom. The van der Waals surface area contributed by atoms with Crippen molar-refractivity contribution >= 4 is 0 Å². The van der Waals surface area contributed by atoms with Crippen LogP contribution in [0.15, 0.2) is 0 Å². The maximum atomic E-state index is 5.49. The molecular formula is C13H29NO3. The van der Waals surface area contributed by atoms with Gasteiger partial charge >= 0.3 is 0 Å². The minimum atomic E-state index is -0.159. The number of hydrogen-bond acceptors (Lipinski definition) is 4. The van der Waals surface area contributed by atoms with Crippen molar-refractivity contribution in [3.63, 3.8) is 0 Å². The molecule has 0 aromatic rings. The lowest BCUT2D eigenvalue weighted by molar-refractivity contribution is -0.134. The predicted molar refractivity (Wildman–Crippen MR) is 70.2 cm³/mol. The molecule has 0 radical (unpaired) electrons. The van der Waals surface area contributed by atoms with E-state index in [1.54, 1.807) is 0 Å². The molecule has 0 aliphatic heterocycles. The summed E-state index contributed by atoms with van der Waals surface area (Å²) < 4.78 is 16.4. The van der Waals surface area contributed by atoms with Crippen LogP contribution in [0, 0.1) is 5.92 Å². The molecule has 0 saturated heterocycles. The zero-order valence-electron chi connectivity index (χ0n) is 12.0. The van der Waals surface area contributed by atoms with Crippen molar-refractivity contribution in [3.8, 4) is 0 Å². The Bertz CT molecular complexity index is 159. The first-order chi connectivity index (χ1) is 8.15. The van der Waals surface area contributed by atoms with Crippen LogP contribution in [-0.2, 0) is 14.2 Å². The van der Waals surface area contributed by atoms with Crippen LogP contribution in [0.5, 0.6) is 0 Å². The highest BCUT2D eigenvalue weighted by atomic mass is 16.7. The van der Waals surface area contributed by atoms with E-state index in [1.165, 1.54) is 0 Å². The van der Waals surface area contributed by atoms with Gasteiger partial charge in [0, 0.05) is 32.4 Å². The lowest BCUT2D eigenvalue weighted by Gasteiger charge is -2.25. The molecule has 1 unspecified atom stereocenters. The van der Waals surface area contributed by atoms with Crippen molar-refractivity contribution in [3.05, 3.63) is 0 Å². The van der Waals surface area contributed by atoms with E-state index in [4.69, 9.17) is 14.2 Å². The Labute approximate surface area is 106 Å². The molecule has 0 aromatic heterocycles. The van der Waals surface area contributed by atoms with Gasteiger partial charge in [-0.2, -0.15) is 0 Å². The topological polar surface area (TPSA) is 39.7 Å². The molecule has 104 valence electrons. The third-order valence-corrected chi connectivity index (χ3v) is 2.56. The second-order valence-corrected chi connectivity index (χ2v) is 4.26. The molecule has 4 heteroatoms. The molecule has 0 bridgehead atoms. The largest absolute Gasteiger partial charge is 0.380 e. The van der Waals surface area contributed by atoms with E-state index in [9.17, 15) is 0 Å². The molecule has 0 rings (SSSR count). The van der Waals surface area contributed by atoms with Crippen LogP contribution in [0.3, 0.4) is 0 Å². The van der Waals surface area contributed by atoms with E-state index in [0.29, 0.717) is 31.7 Å². The lowest BCUT2D eigenvalue weighted by Crippen LogP contribution is -2.43. The quantitative estimate of drug-likeness (QED) is 0.567. The summed E-state index contributed by atoms with van der Waals surface area (Å²) in [5.41, 5.74) is 0. The second-order valence-electron chi connectivity index (χ2n) is 4.26. The normalized spacial score (nSPS) is 13.6. The molecule has 0 saturated carbocycles. The van der Waals surface area contributed by atoms with Crippen LogP contribution in [-0.4, -0.2) is 45.3 Å². The van der Waals surface area contributed by atoms with Gasteiger partial charge in [-0.3, -0.25) is 0 Å². The highest BCUT2D eigenvalue weighted by molar-refractivity contribution is 4.70. The first kappa shape index (κ1) is 16.8. The summed E-state index contributed by atoms with van der Waals surface area (Å²) in [6, 6.07) is 0.346. The van der Waals surface area contributed by atoms with Crippen molar-refractivity contribution < 1.29 is 14.2 Å². The number of hydrogen-bond donors (Lipinski definition) is 1. The first-order valence-electron chi connectivity index (χ1n) is 6.69. The minimum absolute atomic E-state index is 0.159. The molecule has 0 heterocycles. The third kappa shape index (κ3) is 8.55. The Hall–Kier alpha value is -0.160. The third-order valence-electron chi connectivity index (χ3n) is 2.56. The van der Waals surface area contributed by atoms with Gasteiger partial charge in [0.15, 0.2) is 6.29 Å². The minimum Gasteiger partial charge on any atom is -0.380 e. The molecular weight excluding hydrogens is 218 g/mol. The second kappa shape index (κ2) is 11.0. The van der Waals surface area contributed by atoms with Crippen LogP contribution < -0.4 is 5.32 Å². The Morgan fingerprint density at radius 3 is 1.94 bits per heavy atom. The first-order valence-corrected chi connectivity index (χ1v) is 6.69. The van der Waals surface area contributed by atoms with E-state index < -0.39 is 0 Å². The van der Waals surface area contributed by atoms with Crippen molar-refractivity contribution in [2.45, 2.75) is 47.0 Å². The van der Waals surface area contributed by atoms with Crippen molar-refractivity contribution in [2.24, 2.45) is 5.92 Å². The zero-order chi connectivity index (χ0) is 13.1. The van der Waals surface area contributed by atoms with Gasteiger partial charge in [0.2, 0.25) is 0 Å². The highest BCUT2D eigenvalue weighted by Crippen LogP contribution is 2.03. The number of ether oxygens (including phenoxy) is 3. The average molecular weight is 247 g/mol. The monoisotopic (exact) mass is 247 g/mol. The summed E-state index contributed by atoms with van der Waals surface area (Å²) in [5, 5.41) is 3.45. The summed E-state index contributed by atoms with van der Waals surface area (Å²) in [6.45, 7) is 13.9. The lowest BCUT2D eigenvalue weighted by atomic mass is 10.1. The molecule has 0 aliphatic carbocycles. The van der Waals surface area contributed by atoms with Gasteiger partial charge in [-0.15, -0.1) is 0 Å². The SMILES string of the molecule is CCOCC(NCC(OCC)OCC)C(C)C. The van der Waals surface area contributed by atoms with Crippen molar-refractivity contribution in [2.75, 3.05) is 33.0 Å². The average Bonchev–Trinajstić information content (AvgIpc) is 2.29. The Kier molecular flexibility index (Phi) is 10.9. The van der Waals surface area contributed by atoms with Gasteiger partial charge in [0.05, 0.1) is 6.61 Å². The molecule has 4 nitrogen and oxygen atoms in total. The molecule has 0 spiro atoms. The van der Waals surface area contributed by atoms with Gasteiger partial charge in [0.25, 0.3) is 0 Å². The maximum absolute atomic E-state index is 5.49. The fraction of sp³-hybridized carbons (Fsp3) is 1.00. The summed E-state index contributed by atoms with van der Waals surface area (Å²) in [5.74, 6) is 0.533. The van der Waals surface area contributed by atoms with E-state index in [0.717, 1.165) is 13.2 Å². The molecule has 0 amide bonds. The van der Waals surface area contributed by atoms with Crippen LogP contribution >= 0.6 is 0 Å².